The number of aliphatic hydroxyl groups is 2. The van der Waals surface area contributed by atoms with E-state index in [1.54, 1.807) is 14.2 Å². The predicted octanol–water partition coefficient (Wildman–Crippen LogP) is 4.88. The summed E-state index contributed by atoms with van der Waals surface area (Å²) in [4.78, 5) is 12.1. The van der Waals surface area contributed by atoms with Crippen molar-refractivity contribution in [2.45, 2.75) is 79.2 Å². The van der Waals surface area contributed by atoms with E-state index in [4.69, 9.17) is 0 Å². The summed E-state index contributed by atoms with van der Waals surface area (Å²) in [5, 5.41) is 20.1. The van der Waals surface area contributed by atoms with Crippen LogP contribution in [0.1, 0.15) is 73.1 Å². The molecule has 0 bridgehead atoms. The van der Waals surface area contributed by atoms with Crippen molar-refractivity contribution in [1.82, 2.24) is 0 Å². The lowest BCUT2D eigenvalue weighted by molar-refractivity contribution is -0.148. The highest BCUT2D eigenvalue weighted by molar-refractivity contribution is 5.83. The smallest absolute Gasteiger partial charge is 0.161 e. The normalized spacial score (nSPS) is 37.4. The van der Waals surface area contributed by atoms with Gasteiger partial charge in [-0.25, -0.2) is 0 Å². The summed E-state index contributed by atoms with van der Waals surface area (Å²) in [5.74, 6) is 1.42. The predicted molar refractivity (Wildman–Crippen MR) is 117 cm³/mol. The van der Waals surface area contributed by atoms with E-state index < -0.39 is 0 Å². The van der Waals surface area contributed by atoms with Gasteiger partial charge in [-0.15, -0.1) is 13.2 Å². The molecule has 3 aliphatic rings. The Balaban J connectivity index is 0.000000930. The minimum absolute atomic E-state index is 0.0132. The topological polar surface area (TPSA) is 66.8 Å². The van der Waals surface area contributed by atoms with E-state index in [0.29, 0.717) is 17.8 Å². The molecule has 0 aromatic rings. The van der Waals surface area contributed by atoms with Gasteiger partial charge in [-0.2, -0.15) is 0 Å². The minimum Gasteiger partial charge on any atom is -0.393 e. The van der Waals surface area contributed by atoms with Gasteiger partial charge >= 0.3 is 0 Å². The van der Waals surface area contributed by atoms with Crippen molar-refractivity contribution in [3.8, 4) is 0 Å². The summed E-state index contributed by atoms with van der Waals surface area (Å²) in [6.45, 7) is 16.5. The highest BCUT2D eigenvalue weighted by Gasteiger charge is 2.60. The number of ether oxygens (including phenoxy) is 1. The first kappa shape index (κ1) is 27.3. The zero-order valence-corrected chi connectivity index (χ0v) is 19.5. The zero-order valence-electron chi connectivity index (χ0n) is 19.5. The summed E-state index contributed by atoms with van der Waals surface area (Å²) in [6, 6.07) is 0. The van der Waals surface area contributed by atoms with Gasteiger partial charge in [0.2, 0.25) is 0 Å². The summed E-state index contributed by atoms with van der Waals surface area (Å²) in [7, 11) is 3.25. The van der Waals surface area contributed by atoms with E-state index in [2.05, 4.69) is 38.7 Å². The average molecular weight is 399 g/mol. The number of hydrogen-bond donors (Lipinski definition) is 2. The molecule has 28 heavy (non-hydrogen) atoms. The van der Waals surface area contributed by atoms with Gasteiger partial charge in [0.1, 0.15) is 6.61 Å². The molecule has 0 aromatic heterocycles. The molecule has 6 atom stereocenters. The Labute approximate surface area is 173 Å². The molecule has 0 amide bonds. The number of ketones is 1. The zero-order chi connectivity index (χ0) is 22.1. The highest BCUT2D eigenvalue weighted by Crippen LogP contribution is 2.64. The molecule has 3 fully saturated rings. The van der Waals surface area contributed by atoms with Gasteiger partial charge < -0.3 is 14.9 Å². The van der Waals surface area contributed by atoms with Gasteiger partial charge in [0, 0.05) is 20.1 Å². The van der Waals surface area contributed by atoms with Gasteiger partial charge in [0.05, 0.1) is 6.10 Å². The van der Waals surface area contributed by atoms with Crippen LogP contribution in [0.2, 0.25) is 0 Å². The van der Waals surface area contributed by atoms with Crippen molar-refractivity contribution >= 4 is 5.78 Å². The second kappa shape index (κ2) is 12.1. The molecule has 4 nitrogen and oxygen atoms in total. The van der Waals surface area contributed by atoms with Crippen molar-refractivity contribution in [3.05, 3.63) is 13.2 Å². The van der Waals surface area contributed by atoms with Crippen molar-refractivity contribution < 1.29 is 19.7 Å². The van der Waals surface area contributed by atoms with Crippen LogP contribution >= 0.6 is 0 Å². The first-order chi connectivity index (χ1) is 13.2. The molecule has 3 aliphatic carbocycles. The van der Waals surface area contributed by atoms with Crippen LogP contribution in [0.15, 0.2) is 13.2 Å². The van der Waals surface area contributed by atoms with Gasteiger partial charge in [-0.1, -0.05) is 41.0 Å². The maximum absolute atomic E-state index is 12.1. The molecule has 166 valence electrons. The van der Waals surface area contributed by atoms with E-state index >= 15 is 0 Å². The molecule has 0 heterocycles. The van der Waals surface area contributed by atoms with Crippen molar-refractivity contribution in [2.24, 2.45) is 34.5 Å². The third-order valence-electron chi connectivity index (χ3n) is 7.26. The number of methoxy groups -OCH3 is 1. The lowest BCUT2D eigenvalue weighted by Gasteiger charge is -2.57. The molecule has 3 rings (SSSR count). The summed E-state index contributed by atoms with van der Waals surface area (Å²) < 4.78 is 4.25. The van der Waals surface area contributed by atoms with Crippen LogP contribution in [-0.4, -0.2) is 42.9 Å². The molecular formula is C24H46O4. The Morgan fingerprint density at radius 3 is 2.14 bits per heavy atom. The Morgan fingerprint density at radius 1 is 1.11 bits per heavy atom. The van der Waals surface area contributed by atoms with Crippen LogP contribution in [0.25, 0.3) is 0 Å². The fourth-order valence-corrected chi connectivity index (χ4v) is 6.45. The molecule has 0 spiro atoms. The highest BCUT2D eigenvalue weighted by atomic mass is 16.4. The average Bonchev–Trinajstić information content (AvgIpc) is 3.01. The fraction of sp³-hybridized carbons (Fsp3) is 0.875. The van der Waals surface area contributed by atoms with Crippen LogP contribution < -0.4 is 0 Å². The maximum atomic E-state index is 12.1. The number of carbonyl (C=O) groups excluding carboxylic acids is 1. The molecule has 0 aromatic carbocycles. The van der Waals surface area contributed by atoms with E-state index in [9.17, 15) is 15.0 Å². The van der Waals surface area contributed by atoms with E-state index in [1.165, 1.54) is 19.3 Å². The summed E-state index contributed by atoms with van der Waals surface area (Å²) in [5.41, 5.74) is 0.108. The van der Waals surface area contributed by atoms with E-state index in [1.807, 2.05) is 13.8 Å². The number of rotatable bonds is 2. The molecule has 0 saturated heterocycles. The Hall–Kier alpha value is -0.710. The van der Waals surface area contributed by atoms with E-state index in [0.717, 1.165) is 19.3 Å². The molecule has 6 unspecified atom stereocenters. The summed E-state index contributed by atoms with van der Waals surface area (Å²) in [6.07, 6.45) is 6.08. The Kier molecular flexibility index (Phi) is 11.8. The molecule has 0 aliphatic heterocycles. The lowest BCUT2D eigenvalue weighted by Crippen LogP contribution is -2.55. The van der Waals surface area contributed by atoms with Crippen molar-refractivity contribution in [3.63, 3.8) is 0 Å². The van der Waals surface area contributed by atoms with Crippen molar-refractivity contribution in [1.29, 1.82) is 0 Å². The molecule has 2 N–H and O–H groups in total. The number of fused-ring (bicyclic) bond motifs is 3. The fourth-order valence-electron chi connectivity index (χ4n) is 6.45. The number of hydrogen-bond acceptors (Lipinski definition) is 4. The van der Waals surface area contributed by atoms with Crippen LogP contribution in [0, 0.1) is 34.5 Å². The standard InChI is InChI=1S/C18H30O3.C2H6O.C2H6.C2H4/c1-17(2)8-4-5-11-12-6-7-13(15(21)10-19)18(12,3)9-14(20)16(11)17;1-3-2;2*1-2/h11-14,16,19-20H,4-10H2,1-3H3;1-2H3;1-2H3;1-2H2. The maximum Gasteiger partial charge on any atom is 0.161 e. The minimum atomic E-state index is -0.345. The molecule has 4 heteroatoms. The lowest BCUT2D eigenvalue weighted by atomic mass is 9.48. The van der Waals surface area contributed by atoms with Gasteiger partial charge in [0.25, 0.3) is 0 Å². The van der Waals surface area contributed by atoms with Crippen LogP contribution in [-0.2, 0) is 9.53 Å². The Morgan fingerprint density at radius 2 is 1.64 bits per heavy atom. The second-order valence-corrected chi connectivity index (χ2v) is 9.12. The monoisotopic (exact) mass is 398 g/mol. The quantitative estimate of drug-likeness (QED) is 0.651. The van der Waals surface area contributed by atoms with Gasteiger partial charge in [0.15, 0.2) is 5.78 Å². The third kappa shape index (κ3) is 5.46. The number of Topliss-reactive ketones (excluding diaryl/α,β-unsaturated/α-hetero) is 1. The van der Waals surface area contributed by atoms with Crippen LogP contribution in [0.5, 0.6) is 0 Å². The molecule has 0 radical (unpaired) electrons. The molecule has 3 saturated carbocycles. The van der Waals surface area contributed by atoms with Crippen molar-refractivity contribution in [2.75, 3.05) is 20.8 Å². The van der Waals surface area contributed by atoms with Crippen LogP contribution in [0.4, 0.5) is 0 Å². The van der Waals surface area contributed by atoms with Crippen LogP contribution in [0.3, 0.4) is 0 Å². The first-order valence-electron chi connectivity index (χ1n) is 10.9. The Bertz CT molecular complexity index is 462. The largest absolute Gasteiger partial charge is 0.393 e. The SMILES string of the molecule is C=C.CC.CC1(C)CCCC2C1C(O)CC1(C)C(C(=O)CO)CCC21.COC. The first-order valence-corrected chi connectivity index (χ1v) is 10.9. The summed E-state index contributed by atoms with van der Waals surface area (Å²) >= 11 is 0. The number of aliphatic hydroxyl groups excluding tert-OH is 2. The number of carbonyl (C=O) groups is 1. The van der Waals surface area contributed by atoms with Gasteiger partial charge in [-0.3, -0.25) is 4.79 Å². The van der Waals surface area contributed by atoms with E-state index in [-0.39, 0.29) is 35.2 Å². The third-order valence-corrected chi connectivity index (χ3v) is 7.26. The van der Waals surface area contributed by atoms with Gasteiger partial charge in [-0.05, 0) is 60.7 Å². The molecular weight excluding hydrogens is 352 g/mol. The second-order valence-electron chi connectivity index (χ2n) is 9.12.